The smallest absolute Gasteiger partial charge is 0.338 e. The molecule has 0 fully saturated rings. The van der Waals surface area contributed by atoms with Gasteiger partial charge in [0, 0.05) is 37.8 Å². The maximum absolute atomic E-state index is 11.9. The first-order valence-electron chi connectivity index (χ1n) is 8.87. The van der Waals surface area contributed by atoms with E-state index in [9.17, 15) is 4.79 Å². The summed E-state index contributed by atoms with van der Waals surface area (Å²) in [4.78, 5) is 16.5. The van der Waals surface area contributed by atoms with Crippen LogP contribution in [0.4, 0.5) is 5.69 Å². The van der Waals surface area contributed by atoms with E-state index in [2.05, 4.69) is 67.4 Å². The molecule has 1 aromatic heterocycles. The first-order chi connectivity index (χ1) is 13.4. The van der Waals surface area contributed by atoms with Crippen LogP contribution >= 0.6 is 31.9 Å². The monoisotopic (exact) mass is 502 g/mol. The zero-order valence-corrected chi connectivity index (χ0v) is 19.0. The maximum Gasteiger partial charge on any atom is 0.338 e. The van der Waals surface area contributed by atoms with Gasteiger partial charge in [0.25, 0.3) is 0 Å². The topological polar surface area (TPSA) is 43.6 Å². The molecule has 3 rings (SSSR count). The molecule has 2 aromatic carbocycles. The number of ether oxygens (including phenoxy) is 1. The normalized spacial score (nSPS) is 11.2. The lowest BCUT2D eigenvalue weighted by atomic mass is 10.2. The van der Waals surface area contributed by atoms with Crippen molar-refractivity contribution < 1.29 is 9.53 Å². The number of hydrogen-bond donors (Lipinski definition) is 0. The molecule has 28 heavy (non-hydrogen) atoms. The van der Waals surface area contributed by atoms with Crippen molar-refractivity contribution in [2.75, 3.05) is 6.61 Å². The lowest BCUT2D eigenvalue weighted by Crippen LogP contribution is -2.03. The minimum Gasteiger partial charge on any atom is -0.462 e. The average molecular weight is 504 g/mol. The van der Waals surface area contributed by atoms with Gasteiger partial charge >= 0.3 is 5.97 Å². The highest BCUT2D eigenvalue weighted by Gasteiger charge is 2.15. The third kappa shape index (κ3) is 4.28. The molecule has 0 saturated carbocycles. The molecular weight excluding hydrogens is 484 g/mol. The van der Waals surface area contributed by atoms with E-state index in [1.165, 1.54) is 0 Å². The fraction of sp³-hybridized carbons (Fsp3) is 0.182. The zero-order valence-electron chi connectivity index (χ0n) is 15.9. The van der Waals surface area contributed by atoms with Crippen LogP contribution in [0.15, 0.2) is 62.5 Å². The van der Waals surface area contributed by atoms with Gasteiger partial charge in [-0.3, -0.25) is 4.99 Å². The predicted octanol–water partition coefficient (Wildman–Crippen LogP) is 6.55. The number of carbonyl (C=O) groups excluding carboxylic acids is 1. The van der Waals surface area contributed by atoms with Gasteiger partial charge in [-0.2, -0.15) is 0 Å². The Bertz CT molecular complexity index is 1040. The van der Waals surface area contributed by atoms with E-state index >= 15 is 0 Å². The number of rotatable bonds is 5. The minimum absolute atomic E-state index is 0.339. The molecule has 6 heteroatoms. The Balaban J connectivity index is 1.95. The van der Waals surface area contributed by atoms with E-state index < -0.39 is 0 Å². The molecule has 0 amide bonds. The second-order valence-electron chi connectivity index (χ2n) is 6.24. The van der Waals surface area contributed by atoms with Crippen LogP contribution in [0, 0.1) is 13.8 Å². The van der Waals surface area contributed by atoms with Crippen LogP contribution in [0.5, 0.6) is 0 Å². The molecule has 0 unspecified atom stereocenters. The number of aromatic nitrogens is 1. The summed E-state index contributed by atoms with van der Waals surface area (Å²) in [6, 6.07) is 15.3. The number of halogens is 2. The van der Waals surface area contributed by atoms with Gasteiger partial charge in [-0.1, -0.05) is 22.0 Å². The summed E-state index contributed by atoms with van der Waals surface area (Å²) in [5.74, 6) is -0.339. The number of benzene rings is 2. The summed E-state index contributed by atoms with van der Waals surface area (Å²) in [6.45, 7) is 6.27. The molecule has 0 bridgehead atoms. The SMILES string of the molecule is CCOC(=O)c1cccc(N=Cc2c(Br)c(C)n(-c3ccc(Br)cc3)c2C)c1. The van der Waals surface area contributed by atoms with Crippen molar-refractivity contribution in [3.05, 3.63) is 80.0 Å². The molecule has 0 N–H and O–H groups in total. The minimum atomic E-state index is -0.339. The number of aliphatic imine (C=N–C) groups is 1. The lowest BCUT2D eigenvalue weighted by molar-refractivity contribution is 0.0526. The average Bonchev–Trinajstić information content (AvgIpc) is 2.90. The van der Waals surface area contributed by atoms with Crippen molar-refractivity contribution >= 4 is 49.7 Å². The fourth-order valence-electron chi connectivity index (χ4n) is 3.02. The van der Waals surface area contributed by atoms with E-state index in [4.69, 9.17) is 4.74 Å². The Kier molecular flexibility index (Phi) is 6.52. The molecule has 1 heterocycles. The van der Waals surface area contributed by atoms with Crippen molar-refractivity contribution in [1.29, 1.82) is 0 Å². The van der Waals surface area contributed by atoms with E-state index in [1.54, 1.807) is 25.1 Å². The van der Waals surface area contributed by atoms with Crippen molar-refractivity contribution in [2.45, 2.75) is 20.8 Å². The number of esters is 1. The van der Waals surface area contributed by atoms with E-state index in [0.717, 1.165) is 31.6 Å². The standard InChI is InChI=1S/C22H20Br2N2O2/c1-4-28-22(27)16-6-5-7-18(12-16)25-13-20-14(2)26(15(3)21(20)24)19-10-8-17(23)9-11-19/h5-13H,4H2,1-3H3. The Morgan fingerprint density at radius 1 is 1.11 bits per heavy atom. The van der Waals surface area contributed by atoms with E-state index in [1.807, 2.05) is 24.4 Å². The molecule has 144 valence electrons. The third-order valence-electron chi connectivity index (χ3n) is 4.40. The highest BCUT2D eigenvalue weighted by molar-refractivity contribution is 9.10. The van der Waals surface area contributed by atoms with Gasteiger partial charge in [0.05, 0.1) is 17.9 Å². The maximum atomic E-state index is 11.9. The van der Waals surface area contributed by atoms with Gasteiger partial charge in [0.15, 0.2) is 0 Å². The fourth-order valence-corrected chi connectivity index (χ4v) is 3.85. The second kappa shape index (κ2) is 8.88. The number of carbonyl (C=O) groups is 1. The Hall–Kier alpha value is -2.18. The Labute approximate surface area is 181 Å². The molecule has 0 aliphatic rings. The van der Waals surface area contributed by atoms with Crippen LogP contribution in [0.2, 0.25) is 0 Å². The van der Waals surface area contributed by atoms with Crippen molar-refractivity contribution in [1.82, 2.24) is 4.57 Å². The van der Waals surface area contributed by atoms with Gasteiger partial charge in [-0.15, -0.1) is 0 Å². The Morgan fingerprint density at radius 2 is 1.82 bits per heavy atom. The molecule has 0 atom stereocenters. The van der Waals surface area contributed by atoms with Crippen LogP contribution in [0.25, 0.3) is 5.69 Å². The van der Waals surface area contributed by atoms with Gasteiger partial charge in [-0.05, 0) is 79.2 Å². The van der Waals surface area contributed by atoms with Crippen LogP contribution in [0.1, 0.15) is 34.2 Å². The molecule has 3 aromatic rings. The van der Waals surface area contributed by atoms with Crippen LogP contribution in [-0.2, 0) is 4.74 Å². The first-order valence-corrected chi connectivity index (χ1v) is 10.5. The molecular formula is C22H20Br2N2O2. The second-order valence-corrected chi connectivity index (χ2v) is 7.95. The molecule has 0 aliphatic heterocycles. The summed E-state index contributed by atoms with van der Waals surface area (Å²) >= 11 is 7.18. The highest BCUT2D eigenvalue weighted by Crippen LogP contribution is 2.30. The zero-order chi connectivity index (χ0) is 20.3. The Morgan fingerprint density at radius 3 is 2.50 bits per heavy atom. The van der Waals surface area contributed by atoms with Gasteiger partial charge in [0.2, 0.25) is 0 Å². The first kappa shape index (κ1) is 20.6. The molecule has 0 radical (unpaired) electrons. The van der Waals surface area contributed by atoms with Gasteiger partial charge in [0.1, 0.15) is 0 Å². The lowest BCUT2D eigenvalue weighted by Gasteiger charge is -2.09. The third-order valence-corrected chi connectivity index (χ3v) is 5.93. The summed E-state index contributed by atoms with van der Waals surface area (Å²) in [5, 5.41) is 0. The largest absolute Gasteiger partial charge is 0.462 e. The van der Waals surface area contributed by atoms with Crippen molar-refractivity contribution in [2.24, 2.45) is 4.99 Å². The molecule has 0 saturated heterocycles. The van der Waals surface area contributed by atoms with Crippen LogP contribution in [0.3, 0.4) is 0 Å². The van der Waals surface area contributed by atoms with E-state index in [0.29, 0.717) is 17.9 Å². The van der Waals surface area contributed by atoms with E-state index in [-0.39, 0.29) is 5.97 Å². The predicted molar refractivity (Wildman–Crippen MR) is 120 cm³/mol. The van der Waals surface area contributed by atoms with Gasteiger partial charge < -0.3 is 9.30 Å². The summed E-state index contributed by atoms with van der Waals surface area (Å²) < 4.78 is 9.28. The van der Waals surface area contributed by atoms with Crippen LogP contribution < -0.4 is 0 Å². The summed E-state index contributed by atoms with van der Waals surface area (Å²) in [7, 11) is 0. The quantitative estimate of drug-likeness (QED) is 0.293. The summed E-state index contributed by atoms with van der Waals surface area (Å²) in [6.07, 6.45) is 1.83. The van der Waals surface area contributed by atoms with Crippen molar-refractivity contribution in [3.63, 3.8) is 0 Å². The van der Waals surface area contributed by atoms with Gasteiger partial charge in [-0.25, -0.2) is 4.79 Å². The summed E-state index contributed by atoms with van der Waals surface area (Å²) in [5.41, 5.74) is 5.46. The molecule has 0 aliphatic carbocycles. The highest BCUT2D eigenvalue weighted by atomic mass is 79.9. The molecule has 4 nitrogen and oxygen atoms in total. The van der Waals surface area contributed by atoms with Crippen LogP contribution in [-0.4, -0.2) is 23.4 Å². The molecule has 0 spiro atoms. The number of nitrogens with zero attached hydrogens (tertiary/aromatic N) is 2. The van der Waals surface area contributed by atoms with Crippen molar-refractivity contribution in [3.8, 4) is 5.69 Å². The number of hydrogen-bond acceptors (Lipinski definition) is 3.